The molecule has 0 bridgehead atoms. The predicted molar refractivity (Wildman–Crippen MR) is 63.4 cm³/mol. The summed E-state index contributed by atoms with van der Waals surface area (Å²) in [5.41, 5.74) is -0.956. The molecule has 0 atom stereocenters. The standard InChI is InChI=1S/C13H15F3O3/c1-18-6-2-3-7-19-12-5-4-10(9-17)8-11(12)13(14,15)16/h4-5,8-9H,2-3,6-7H2,1H3. The molecule has 0 aliphatic heterocycles. The van der Waals surface area contributed by atoms with E-state index in [2.05, 4.69) is 0 Å². The largest absolute Gasteiger partial charge is 0.493 e. The second kappa shape index (κ2) is 7.13. The summed E-state index contributed by atoms with van der Waals surface area (Å²) in [5.74, 6) is -0.254. The fraction of sp³-hybridized carbons (Fsp3) is 0.462. The van der Waals surface area contributed by atoms with Crippen LogP contribution in [0.2, 0.25) is 0 Å². The maximum atomic E-state index is 12.8. The first kappa shape index (κ1) is 15.5. The van der Waals surface area contributed by atoms with Gasteiger partial charge in [0.05, 0.1) is 12.2 Å². The number of alkyl halides is 3. The number of aldehydes is 1. The molecule has 6 heteroatoms. The molecule has 1 aromatic rings. The van der Waals surface area contributed by atoms with Gasteiger partial charge in [0.15, 0.2) is 0 Å². The van der Waals surface area contributed by atoms with Crippen molar-refractivity contribution in [1.82, 2.24) is 0 Å². The molecular weight excluding hydrogens is 261 g/mol. The molecule has 0 fully saturated rings. The SMILES string of the molecule is COCCCCOc1ccc(C=O)cc1C(F)(F)F. The van der Waals surface area contributed by atoms with Crippen molar-refractivity contribution in [1.29, 1.82) is 0 Å². The molecule has 106 valence electrons. The van der Waals surface area contributed by atoms with Crippen molar-refractivity contribution >= 4 is 6.29 Å². The molecule has 0 spiro atoms. The van der Waals surface area contributed by atoms with Crippen LogP contribution in [0.4, 0.5) is 13.2 Å². The summed E-state index contributed by atoms with van der Waals surface area (Å²) in [6.45, 7) is 0.715. The zero-order valence-corrected chi connectivity index (χ0v) is 10.5. The number of benzene rings is 1. The molecule has 1 rings (SSSR count). The highest BCUT2D eigenvalue weighted by atomic mass is 19.4. The van der Waals surface area contributed by atoms with Crippen LogP contribution in [0, 0.1) is 0 Å². The Hall–Kier alpha value is -1.56. The predicted octanol–water partition coefficient (Wildman–Crippen LogP) is 3.32. The molecule has 0 heterocycles. The van der Waals surface area contributed by atoms with Crippen molar-refractivity contribution in [2.75, 3.05) is 20.3 Å². The summed E-state index contributed by atoms with van der Waals surface area (Å²) in [7, 11) is 1.56. The Balaban J connectivity index is 2.74. The number of rotatable bonds is 7. The molecule has 0 aliphatic carbocycles. The molecule has 0 radical (unpaired) electrons. The lowest BCUT2D eigenvalue weighted by molar-refractivity contribution is -0.139. The highest BCUT2D eigenvalue weighted by Gasteiger charge is 2.34. The summed E-state index contributed by atoms with van der Waals surface area (Å²) in [4.78, 5) is 10.5. The molecule has 19 heavy (non-hydrogen) atoms. The first-order valence-electron chi connectivity index (χ1n) is 5.77. The number of methoxy groups -OCH3 is 1. The highest BCUT2D eigenvalue weighted by molar-refractivity contribution is 5.75. The average molecular weight is 276 g/mol. The average Bonchev–Trinajstić information content (AvgIpc) is 2.37. The van der Waals surface area contributed by atoms with Gasteiger partial charge in [-0.15, -0.1) is 0 Å². The number of halogens is 3. The van der Waals surface area contributed by atoms with E-state index in [9.17, 15) is 18.0 Å². The first-order valence-corrected chi connectivity index (χ1v) is 5.77. The lowest BCUT2D eigenvalue weighted by Gasteiger charge is -2.14. The first-order chi connectivity index (χ1) is 8.99. The van der Waals surface area contributed by atoms with Crippen LogP contribution in [0.3, 0.4) is 0 Å². The van der Waals surface area contributed by atoms with Gasteiger partial charge in [0.25, 0.3) is 0 Å². The molecule has 0 amide bonds. The van der Waals surface area contributed by atoms with E-state index in [-0.39, 0.29) is 17.9 Å². The summed E-state index contributed by atoms with van der Waals surface area (Å²) in [6.07, 6.45) is -2.86. The lowest BCUT2D eigenvalue weighted by Crippen LogP contribution is -2.10. The van der Waals surface area contributed by atoms with Crippen LogP contribution in [0.1, 0.15) is 28.8 Å². The molecule has 0 saturated heterocycles. The van der Waals surface area contributed by atoms with Crippen molar-refractivity contribution < 1.29 is 27.4 Å². The van der Waals surface area contributed by atoms with Crippen molar-refractivity contribution in [3.63, 3.8) is 0 Å². The fourth-order valence-electron chi connectivity index (χ4n) is 1.50. The monoisotopic (exact) mass is 276 g/mol. The highest BCUT2D eigenvalue weighted by Crippen LogP contribution is 2.36. The number of hydrogen-bond donors (Lipinski definition) is 0. The zero-order chi connectivity index (χ0) is 14.3. The summed E-state index contributed by atoms with van der Waals surface area (Å²) < 4.78 is 48.3. The maximum absolute atomic E-state index is 12.8. The van der Waals surface area contributed by atoms with Crippen molar-refractivity contribution in [2.45, 2.75) is 19.0 Å². The van der Waals surface area contributed by atoms with Crippen LogP contribution in [0.5, 0.6) is 5.75 Å². The van der Waals surface area contributed by atoms with Gasteiger partial charge in [0.2, 0.25) is 0 Å². The van der Waals surface area contributed by atoms with E-state index in [1.165, 1.54) is 12.1 Å². The van der Waals surface area contributed by atoms with E-state index < -0.39 is 11.7 Å². The van der Waals surface area contributed by atoms with Crippen LogP contribution >= 0.6 is 0 Å². The Morgan fingerprint density at radius 3 is 2.47 bits per heavy atom. The Morgan fingerprint density at radius 2 is 1.89 bits per heavy atom. The van der Waals surface area contributed by atoms with E-state index in [1.807, 2.05) is 0 Å². The Bertz CT molecular complexity index is 416. The second-order valence-electron chi connectivity index (χ2n) is 3.92. The zero-order valence-electron chi connectivity index (χ0n) is 10.5. The van der Waals surface area contributed by atoms with Crippen LogP contribution in [0.25, 0.3) is 0 Å². The van der Waals surface area contributed by atoms with Gasteiger partial charge in [-0.2, -0.15) is 13.2 Å². The van der Waals surface area contributed by atoms with Gasteiger partial charge >= 0.3 is 6.18 Å². The van der Waals surface area contributed by atoms with Crippen LogP contribution < -0.4 is 4.74 Å². The maximum Gasteiger partial charge on any atom is 0.419 e. The molecule has 0 saturated carbocycles. The van der Waals surface area contributed by atoms with Gasteiger partial charge in [-0.1, -0.05) is 0 Å². The van der Waals surface area contributed by atoms with Crippen molar-refractivity contribution in [3.05, 3.63) is 29.3 Å². The third-order valence-corrected chi connectivity index (χ3v) is 2.45. The Labute approximate surface area is 109 Å². The number of unbranched alkanes of at least 4 members (excludes halogenated alkanes) is 1. The molecule has 0 aromatic heterocycles. The number of carbonyl (C=O) groups excluding carboxylic acids is 1. The fourth-order valence-corrected chi connectivity index (χ4v) is 1.50. The number of ether oxygens (including phenoxy) is 2. The van der Waals surface area contributed by atoms with E-state index in [0.29, 0.717) is 25.7 Å². The van der Waals surface area contributed by atoms with E-state index in [1.54, 1.807) is 7.11 Å². The Kier molecular flexibility index (Phi) is 5.82. The van der Waals surface area contributed by atoms with Crippen LogP contribution in [0.15, 0.2) is 18.2 Å². The second-order valence-corrected chi connectivity index (χ2v) is 3.92. The normalized spacial score (nSPS) is 11.4. The summed E-state index contributed by atoms with van der Waals surface area (Å²) in [5, 5.41) is 0. The van der Waals surface area contributed by atoms with Gasteiger partial charge in [0, 0.05) is 19.3 Å². The third-order valence-electron chi connectivity index (χ3n) is 2.45. The van der Waals surface area contributed by atoms with Crippen molar-refractivity contribution in [3.8, 4) is 5.75 Å². The number of carbonyl (C=O) groups is 1. The van der Waals surface area contributed by atoms with Gasteiger partial charge in [0.1, 0.15) is 12.0 Å². The van der Waals surface area contributed by atoms with Gasteiger partial charge < -0.3 is 9.47 Å². The van der Waals surface area contributed by atoms with Gasteiger partial charge in [-0.3, -0.25) is 4.79 Å². The quantitative estimate of drug-likeness (QED) is 0.566. The van der Waals surface area contributed by atoms with Crippen molar-refractivity contribution in [2.24, 2.45) is 0 Å². The summed E-state index contributed by atoms with van der Waals surface area (Å²) in [6, 6.07) is 3.26. The minimum atomic E-state index is -4.54. The molecule has 0 unspecified atom stereocenters. The van der Waals surface area contributed by atoms with Gasteiger partial charge in [-0.05, 0) is 31.0 Å². The third kappa shape index (κ3) is 4.90. The minimum absolute atomic E-state index is 0.0287. The number of hydrogen-bond acceptors (Lipinski definition) is 3. The topological polar surface area (TPSA) is 35.5 Å². The van der Waals surface area contributed by atoms with E-state index >= 15 is 0 Å². The molecular formula is C13H15F3O3. The smallest absolute Gasteiger partial charge is 0.419 e. The van der Waals surface area contributed by atoms with E-state index in [4.69, 9.17) is 9.47 Å². The molecule has 1 aromatic carbocycles. The lowest BCUT2D eigenvalue weighted by atomic mass is 10.1. The van der Waals surface area contributed by atoms with Crippen LogP contribution in [-0.2, 0) is 10.9 Å². The molecule has 0 aliphatic rings. The van der Waals surface area contributed by atoms with Crippen LogP contribution in [-0.4, -0.2) is 26.6 Å². The summed E-state index contributed by atoms with van der Waals surface area (Å²) >= 11 is 0. The minimum Gasteiger partial charge on any atom is -0.493 e. The van der Waals surface area contributed by atoms with E-state index in [0.717, 1.165) is 6.07 Å². The molecule has 3 nitrogen and oxygen atoms in total. The molecule has 0 N–H and O–H groups in total. The Morgan fingerprint density at radius 1 is 1.21 bits per heavy atom. The van der Waals surface area contributed by atoms with Gasteiger partial charge in [-0.25, -0.2) is 0 Å².